The van der Waals surface area contributed by atoms with E-state index in [4.69, 9.17) is 4.74 Å². The molecule has 0 radical (unpaired) electrons. The van der Waals surface area contributed by atoms with Crippen LogP contribution in [0.5, 0.6) is 0 Å². The highest BCUT2D eigenvalue weighted by Gasteiger charge is 2.32. The molecular weight excluding hydrogens is 276 g/mol. The van der Waals surface area contributed by atoms with Crippen molar-refractivity contribution >= 4 is 22.6 Å². The lowest BCUT2D eigenvalue weighted by molar-refractivity contribution is -0.133. The Hall–Kier alpha value is -1.21. The molecule has 1 aliphatic carbocycles. The topological polar surface area (TPSA) is 67.4 Å². The number of amides is 1. The minimum absolute atomic E-state index is 0.00537. The largest absolute Gasteiger partial charge is 0.365 e. The van der Waals surface area contributed by atoms with Crippen LogP contribution in [0.15, 0.2) is 0 Å². The van der Waals surface area contributed by atoms with Crippen LogP contribution in [0.3, 0.4) is 0 Å². The minimum Gasteiger partial charge on any atom is -0.365 e. The lowest BCUT2D eigenvalue weighted by Gasteiger charge is -2.31. The predicted octanol–water partition coefficient (Wildman–Crippen LogP) is 1.15. The average Bonchev–Trinajstić information content (AvgIpc) is 3.11. The summed E-state index contributed by atoms with van der Waals surface area (Å²) in [6, 6.07) is 0.371. The Morgan fingerprint density at radius 1 is 1.50 bits per heavy atom. The SMILES string of the molecule is CC(C)c1nsc(N2CCOC(C(=O)NC3CC3)C2)n1. The maximum atomic E-state index is 12.0. The van der Waals surface area contributed by atoms with E-state index in [9.17, 15) is 4.79 Å². The second-order valence-electron chi connectivity index (χ2n) is 5.68. The van der Waals surface area contributed by atoms with Gasteiger partial charge in [-0.15, -0.1) is 0 Å². The third kappa shape index (κ3) is 3.09. The number of carbonyl (C=O) groups excluding carboxylic acids is 1. The fourth-order valence-electron chi connectivity index (χ4n) is 2.09. The molecule has 1 aromatic rings. The minimum atomic E-state index is -0.393. The summed E-state index contributed by atoms with van der Waals surface area (Å²) in [5.41, 5.74) is 0. The van der Waals surface area contributed by atoms with Crippen molar-refractivity contribution < 1.29 is 9.53 Å². The number of nitrogens with zero attached hydrogens (tertiary/aromatic N) is 3. The number of hydrogen-bond acceptors (Lipinski definition) is 6. The van der Waals surface area contributed by atoms with Gasteiger partial charge in [0.2, 0.25) is 5.13 Å². The van der Waals surface area contributed by atoms with Gasteiger partial charge in [0.25, 0.3) is 5.91 Å². The van der Waals surface area contributed by atoms with Crippen molar-refractivity contribution in [2.75, 3.05) is 24.6 Å². The fourth-order valence-corrected chi connectivity index (χ4v) is 2.94. The zero-order valence-corrected chi connectivity index (χ0v) is 12.7. The van der Waals surface area contributed by atoms with Gasteiger partial charge < -0.3 is 15.0 Å². The van der Waals surface area contributed by atoms with Gasteiger partial charge in [0, 0.05) is 30.0 Å². The summed E-state index contributed by atoms with van der Waals surface area (Å²) in [5.74, 6) is 1.20. The molecule has 1 saturated carbocycles. The van der Waals surface area contributed by atoms with Crippen LogP contribution in [0.25, 0.3) is 0 Å². The van der Waals surface area contributed by atoms with E-state index in [1.807, 2.05) is 0 Å². The molecule has 7 heteroatoms. The molecule has 20 heavy (non-hydrogen) atoms. The van der Waals surface area contributed by atoms with Crippen LogP contribution in [0.2, 0.25) is 0 Å². The third-order valence-electron chi connectivity index (χ3n) is 3.50. The molecule has 0 spiro atoms. The van der Waals surface area contributed by atoms with Crippen molar-refractivity contribution in [1.82, 2.24) is 14.7 Å². The first-order chi connectivity index (χ1) is 9.63. The molecule has 6 nitrogen and oxygen atoms in total. The van der Waals surface area contributed by atoms with Crippen molar-refractivity contribution in [3.63, 3.8) is 0 Å². The molecule has 1 aromatic heterocycles. The Morgan fingerprint density at radius 2 is 2.30 bits per heavy atom. The summed E-state index contributed by atoms with van der Waals surface area (Å²) >= 11 is 1.40. The van der Waals surface area contributed by atoms with Crippen molar-refractivity contribution in [2.24, 2.45) is 0 Å². The van der Waals surface area contributed by atoms with E-state index in [1.165, 1.54) is 11.5 Å². The number of anilines is 1. The molecule has 1 atom stereocenters. The molecule has 2 aliphatic rings. The number of aromatic nitrogens is 2. The Kier molecular flexibility index (Phi) is 3.89. The lowest BCUT2D eigenvalue weighted by atomic mass is 10.2. The monoisotopic (exact) mass is 296 g/mol. The summed E-state index contributed by atoms with van der Waals surface area (Å²) in [6.45, 7) is 6.04. The molecule has 3 rings (SSSR count). The number of rotatable bonds is 4. The van der Waals surface area contributed by atoms with Crippen LogP contribution >= 0.6 is 11.5 Å². The molecule has 1 saturated heterocycles. The zero-order valence-electron chi connectivity index (χ0n) is 11.8. The molecule has 1 unspecified atom stereocenters. The quantitative estimate of drug-likeness (QED) is 0.902. The van der Waals surface area contributed by atoms with Gasteiger partial charge in [0.15, 0.2) is 6.10 Å². The van der Waals surface area contributed by atoms with Crippen LogP contribution in [0.1, 0.15) is 38.4 Å². The zero-order chi connectivity index (χ0) is 14.1. The first-order valence-electron chi connectivity index (χ1n) is 7.14. The van der Waals surface area contributed by atoms with Crippen LogP contribution in [-0.4, -0.2) is 47.1 Å². The summed E-state index contributed by atoms with van der Waals surface area (Å²) in [6.07, 6.45) is 1.79. The van der Waals surface area contributed by atoms with E-state index in [2.05, 4.69) is 33.4 Å². The van der Waals surface area contributed by atoms with Crippen molar-refractivity contribution in [3.05, 3.63) is 5.82 Å². The van der Waals surface area contributed by atoms with Gasteiger partial charge in [-0.25, -0.2) is 4.98 Å². The Balaban J connectivity index is 1.62. The van der Waals surface area contributed by atoms with E-state index in [0.29, 0.717) is 25.1 Å². The van der Waals surface area contributed by atoms with Gasteiger partial charge in [0.05, 0.1) is 13.2 Å². The summed E-state index contributed by atoms with van der Waals surface area (Å²) < 4.78 is 9.94. The number of hydrogen-bond donors (Lipinski definition) is 1. The van der Waals surface area contributed by atoms with Gasteiger partial charge in [0.1, 0.15) is 5.82 Å². The molecule has 0 aromatic carbocycles. The molecule has 1 amide bonds. The van der Waals surface area contributed by atoms with E-state index in [-0.39, 0.29) is 5.91 Å². The van der Waals surface area contributed by atoms with Gasteiger partial charge >= 0.3 is 0 Å². The molecular formula is C13H20N4O2S. The van der Waals surface area contributed by atoms with Gasteiger partial charge in [-0.2, -0.15) is 4.37 Å². The molecule has 2 fully saturated rings. The highest BCUT2D eigenvalue weighted by molar-refractivity contribution is 7.09. The lowest BCUT2D eigenvalue weighted by Crippen LogP contribution is -2.50. The molecule has 1 N–H and O–H groups in total. The predicted molar refractivity (Wildman–Crippen MR) is 77.1 cm³/mol. The van der Waals surface area contributed by atoms with E-state index >= 15 is 0 Å². The maximum absolute atomic E-state index is 12.0. The Bertz CT molecular complexity index is 486. The number of nitrogens with one attached hydrogen (secondary N) is 1. The smallest absolute Gasteiger partial charge is 0.251 e. The van der Waals surface area contributed by atoms with E-state index in [1.54, 1.807) is 0 Å². The van der Waals surface area contributed by atoms with Crippen molar-refractivity contribution in [3.8, 4) is 0 Å². The van der Waals surface area contributed by atoms with Gasteiger partial charge in [-0.3, -0.25) is 4.79 Å². The van der Waals surface area contributed by atoms with Gasteiger partial charge in [-0.1, -0.05) is 13.8 Å². The van der Waals surface area contributed by atoms with E-state index in [0.717, 1.165) is 30.3 Å². The number of carbonyl (C=O) groups is 1. The van der Waals surface area contributed by atoms with Crippen LogP contribution < -0.4 is 10.2 Å². The summed E-state index contributed by atoms with van der Waals surface area (Å²) in [4.78, 5) is 18.7. The standard InChI is InChI=1S/C13H20N4O2S/c1-8(2)11-15-13(20-16-11)17-5-6-19-10(7-17)12(18)14-9-3-4-9/h8-10H,3-7H2,1-2H3,(H,14,18). The third-order valence-corrected chi connectivity index (χ3v) is 4.29. The van der Waals surface area contributed by atoms with Crippen molar-refractivity contribution in [2.45, 2.75) is 44.8 Å². The van der Waals surface area contributed by atoms with Crippen LogP contribution in [0, 0.1) is 0 Å². The highest BCUT2D eigenvalue weighted by Crippen LogP contribution is 2.24. The van der Waals surface area contributed by atoms with Crippen molar-refractivity contribution in [1.29, 1.82) is 0 Å². The molecule has 1 aliphatic heterocycles. The Morgan fingerprint density at radius 3 is 2.95 bits per heavy atom. The summed E-state index contributed by atoms with van der Waals surface area (Å²) in [5, 5.41) is 3.89. The normalized spacial score (nSPS) is 23.1. The summed E-state index contributed by atoms with van der Waals surface area (Å²) in [7, 11) is 0. The first-order valence-corrected chi connectivity index (χ1v) is 7.91. The first kappa shape index (κ1) is 13.8. The second-order valence-corrected chi connectivity index (χ2v) is 6.41. The van der Waals surface area contributed by atoms with Crippen LogP contribution in [-0.2, 0) is 9.53 Å². The molecule has 0 bridgehead atoms. The number of ether oxygens (including phenoxy) is 1. The molecule has 110 valence electrons. The average molecular weight is 296 g/mol. The van der Waals surface area contributed by atoms with Gasteiger partial charge in [-0.05, 0) is 12.8 Å². The number of morpholine rings is 1. The fraction of sp³-hybridized carbons (Fsp3) is 0.769. The van der Waals surface area contributed by atoms with E-state index < -0.39 is 6.10 Å². The second kappa shape index (κ2) is 5.65. The Labute approximate surface area is 122 Å². The maximum Gasteiger partial charge on any atom is 0.251 e. The highest BCUT2D eigenvalue weighted by atomic mass is 32.1. The van der Waals surface area contributed by atoms with Crippen LogP contribution in [0.4, 0.5) is 5.13 Å². The molecule has 2 heterocycles.